The molecule has 0 aliphatic heterocycles. The molecule has 2 heterocycles. The van der Waals surface area contributed by atoms with Gasteiger partial charge in [0, 0.05) is 18.5 Å². The predicted molar refractivity (Wildman–Crippen MR) is 73.7 cm³/mol. The molecule has 0 saturated carbocycles. The Balaban J connectivity index is 1.85. The van der Waals surface area contributed by atoms with Gasteiger partial charge in [-0.15, -0.1) is 0 Å². The van der Waals surface area contributed by atoms with Gasteiger partial charge in [0.05, 0.1) is 24.1 Å². The Morgan fingerprint density at radius 3 is 2.80 bits per heavy atom. The number of hydrogen-bond acceptors (Lipinski definition) is 5. The van der Waals surface area contributed by atoms with Gasteiger partial charge in [0.2, 0.25) is 5.88 Å². The third kappa shape index (κ3) is 3.68. The van der Waals surface area contributed by atoms with Crippen molar-refractivity contribution in [2.24, 2.45) is 0 Å². The van der Waals surface area contributed by atoms with E-state index < -0.39 is 5.97 Å². The van der Waals surface area contributed by atoms with Crippen molar-refractivity contribution in [2.45, 2.75) is 12.8 Å². The number of nitrogen functional groups attached to an aromatic ring is 1. The Morgan fingerprint density at radius 1 is 1.35 bits per heavy atom. The maximum absolute atomic E-state index is 10.9. The second kappa shape index (κ2) is 6.51. The first-order valence-electron chi connectivity index (χ1n) is 6.17. The first-order chi connectivity index (χ1) is 9.66. The first-order valence-corrected chi connectivity index (χ1v) is 6.17. The van der Waals surface area contributed by atoms with Gasteiger partial charge in [-0.1, -0.05) is 0 Å². The molecule has 0 aromatic carbocycles. The van der Waals surface area contributed by atoms with Crippen LogP contribution >= 0.6 is 0 Å². The molecule has 0 amide bonds. The average molecular weight is 273 g/mol. The number of nitrogens with two attached hydrogens (primary N) is 1. The third-order valence-corrected chi connectivity index (χ3v) is 2.75. The minimum atomic E-state index is -1.09. The van der Waals surface area contributed by atoms with Crippen molar-refractivity contribution in [3.8, 4) is 5.88 Å². The van der Waals surface area contributed by atoms with Gasteiger partial charge in [-0.3, -0.25) is 4.98 Å². The fraction of sp³-hybridized carbons (Fsp3) is 0.214. The second-order valence-corrected chi connectivity index (χ2v) is 4.22. The summed E-state index contributed by atoms with van der Waals surface area (Å²) in [6.07, 6.45) is 6.46. The number of aryl methyl sites for hydroxylation is 1. The van der Waals surface area contributed by atoms with Crippen LogP contribution in [0.25, 0.3) is 0 Å². The van der Waals surface area contributed by atoms with Crippen LogP contribution in [0.1, 0.15) is 22.3 Å². The molecule has 2 aromatic heterocycles. The highest BCUT2D eigenvalue weighted by molar-refractivity contribution is 5.93. The Bertz CT molecular complexity index is 587. The average Bonchev–Trinajstić information content (AvgIpc) is 2.46. The number of ether oxygens (including phenoxy) is 1. The summed E-state index contributed by atoms with van der Waals surface area (Å²) in [5, 5.41) is 8.94. The molecule has 0 unspecified atom stereocenters. The monoisotopic (exact) mass is 273 g/mol. The summed E-state index contributed by atoms with van der Waals surface area (Å²) in [5.74, 6) is -0.821. The molecular weight excluding hydrogens is 258 g/mol. The van der Waals surface area contributed by atoms with E-state index in [1.165, 1.54) is 17.8 Å². The molecule has 0 aliphatic carbocycles. The number of carboxylic acid groups (broad SMARTS) is 1. The lowest BCUT2D eigenvalue weighted by Crippen LogP contribution is -2.06. The summed E-state index contributed by atoms with van der Waals surface area (Å²) in [4.78, 5) is 18.8. The van der Waals surface area contributed by atoms with Crippen LogP contribution in [0.15, 0.2) is 36.8 Å². The normalized spacial score (nSPS) is 10.2. The number of hydrogen-bond donors (Lipinski definition) is 2. The first kappa shape index (κ1) is 13.8. The summed E-state index contributed by atoms with van der Waals surface area (Å²) >= 11 is 0. The number of nitrogens with zero attached hydrogens (tertiary/aromatic N) is 2. The topological polar surface area (TPSA) is 98.3 Å². The van der Waals surface area contributed by atoms with E-state index in [0.29, 0.717) is 6.61 Å². The molecule has 0 spiro atoms. The minimum Gasteiger partial charge on any atom is -0.478 e. The van der Waals surface area contributed by atoms with E-state index in [4.69, 9.17) is 15.6 Å². The highest BCUT2D eigenvalue weighted by Crippen LogP contribution is 2.16. The highest BCUT2D eigenvalue weighted by atomic mass is 16.5. The molecule has 2 aromatic rings. The smallest absolute Gasteiger partial charge is 0.338 e. The summed E-state index contributed by atoms with van der Waals surface area (Å²) < 4.78 is 5.43. The summed E-state index contributed by atoms with van der Waals surface area (Å²) in [6.45, 7) is 0.457. The molecular formula is C14H15N3O3. The molecule has 3 N–H and O–H groups in total. The predicted octanol–water partition coefficient (Wildman–Crippen LogP) is 1.77. The van der Waals surface area contributed by atoms with Crippen LogP contribution in [0.5, 0.6) is 5.88 Å². The van der Waals surface area contributed by atoms with E-state index in [9.17, 15) is 4.79 Å². The van der Waals surface area contributed by atoms with Crippen molar-refractivity contribution in [1.29, 1.82) is 0 Å². The molecule has 6 heteroatoms. The zero-order valence-electron chi connectivity index (χ0n) is 10.8. The van der Waals surface area contributed by atoms with Crippen LogP contribution in [-0.4, -0.2) is 27.7 Å². The zero-order chi connectivity index (χ0) is 14.4. The Kier molecular flexibility index (Phi) is 4.49. The molecule has 6 nitrogen and oxygen atoms in total. The summed E-state index contributed by atoms with van der Waals surface area (Å²) in [6, 6.07) is 5.23. The summed E-state index contributed by atoms with van der Waals surface area (Å²) in [7, 11) is 0. The molecule has 0 saturated heterocycles. The number of anilines is 1. The molecule has 2 rings (SSSR count). The third-order valence-electron chi connectivity index (χ3n) is 2.75. The quantitative estimate of drug-likeness (QED) is 0.778. The van der Waals surface area contributed by atoms with E-state index in [0.717, 1.165) is 12.8 Å². The Labute approximate surface area is 116 Å². The van der Waals surface area contributed by atoms with Crippen LogP contribution < -0.4 is 10.5 Å². The number of pyridine rings is 2. The SMILES string of the molecule is Nc1cnc(OCCCc2ccncc2)cc1C(=O)O. The molecule has 0 radical (unpaired) electrons. The number of rotatable bonds is 6. The molecule has 0 atom stereocenters. The van der Waals surface area contributed by atoms with Gasteiger partial charge in [0.25, 0.3) is 0 Å². The lowest BCUT2D eigenvalue weighted by molar-refractivity contribution is 0.0697. The lowest BCUT2D eigenvalue weighted by atomic mass is 10.1. The van der Waals surface area contributed by atoms with Crippen molar-refractivity contribution in [2.75, 3.05) is 12.3 Å². The van der Waals surface area contributed by atoms with E-state index in [2.05, 4.69) is 9.97 Å². The van der Waals surface area contributed by atoms with Crippen molar-refractivity contribution in [3.05, 3.63) is 47.9 Å². The Morgan fingerprint density at radius 2 is 2.10 bits per heavy atom. The maximum atomic E-state index is 10.9. The molecule has 104 valence electrons. The standard InChI is InChI=1S/C14H15N3O3/c15-12-9-17-13(8-11(12)14(18)19)20-7-1-2-10-3-5-16-6-4-10/h3-6,8-9H,1-2,7,15H2,(H,18,19). The van der Waals surface area contributed by atoms with Crippen molar-refractivity contribution in [3.63, 3.8) is 0 Å². The number of aromatic carboxylic acids is 1. The van der Waals surface area contributed by atoms with Crippen molar-refractivity contribution >= 4 is 11.7 Å². The van der Waals surface area contributed by atoms with Gasteiger partial charge in [-0.05, 0) is 30.5 Å². The second-order valence-electron chi connectivity index (χ2n) is 4.22. The van der Waals surface area contributed by atoms with Gasteiger partial charge < -0.3 is 15.6 Å². The lowest BCUT2D eigenvalue weighted by Gasteiger charge is -2.07. The Hall–Kier alpha value is -2.63. The van der Waals surface area contributed by atoms with Crippen LogP contribution in [0.2, 0.25) is 0 Å². The molecule has 0 aliphatic rings. The van der Waals surface area contributed by atoms with Crippen LogP contribution in [0.4, 0.5) is 5.69 Å². The van der Waals surface area contributed by atoms with E-state index in [1.807, 2.05) is 12.1 Å². The van der Waals surface area contributed by atoms with Crippen LogP contribution in [-0.2, 0) is 6.42 Å². The van der Waals surface area contributed by atoms with Gasteiger partial charge in [-0.2, -0.15) is 0 Å². The molecule has 0 fully saturated rings. The number of carboxylic acids is 1. The van der Waals surface area contributed by atoms with E-state index in [-0.39, 0.29) is 17.1 Å². The van der Waals surface area contributed by atoms with Gasteiger partial charge in [-0.25, -0.2) is 9.78 Å². The largest absolute Gasteiger partial charge is 0.478 e. The fourth-order valence-corrected chi connectivity index (χ4v) is 1.71. The van der Waals surface area contributed by atoms with E-state index in [1.54, 1.807) is 12.4 Å². The highest BCUT2D eigenvalue weighted by Gasteiger charge is 2.10. The number of aromatic nitrogens is 2. The maximum Gasteiger partial charge on any atom is 0.338 e. The molecule has 0 bridgehead atoms. The van der Waals surface area contributed by atoms with Crippen molar-refractivity contribution in [1.82, 2.24) is 9.97 Å². The molecule has 20 heavy (non-hydrogen) atoms. The summed E-state index contributed by atoms with van der Waals surface area (Å²) in [5.41, 5.74) is 6.83. The van der Waals surface area contributed by atoms with Crippen LogP contribution in [0, 0.1) is 0 Å². The van der Waals surface area contributed by atoms with Gasteiger partial charge in [0.1, 0.15) is 0 Å². The van der Waals surface area contributed by atoms with E-state index >= 15 is 0 Å². The fourth-order valence-electron chi connectivity index (χ4n) is 1.71. The van der Waals surface area contributed by atoms with Gasteiger partial charge in [0.15, 0.2) is 0 Å². The minimum absolute atomic E-state index is 0.00383. The number of carbonyl (C=O) groups is 1. The zero-order valence-corrected chi connectivity index (χ0v) is 10.8. The van der Waals surface area contributed by atoms with Gasteiger partial charge >= 0.3 is 5.97 Å². The van der Waals surface area contributed by atoms with Crippen molar-refractivity contribution < 1.29 is 14.6 Å². The van der Waals surface area contributed by atoms with Crippen LogP contribution in [0.3, 0.4) is 0 Å².